The summed E-state index contributed by atoms with van der Waals surface area (Å²) in [5.74, 6) is -7.59. The number of aliphatic hydroxyl groups excluding tert-OH is 11. The first-order valence-electron chi connectivity index (χ1n) is 23.4. The zero-order valence-electron chi connectivity index (χ0n) is 39.7. The number of aliphatic hydroxyl groups is 11. The van der Waals surface area contributed by atoms with Crippen LogP contribution in [0.1, 0.15) is 21.5 Å². The molecule has 0 aliphatic carbocycles. The largest absolute Gasteiger partial charge is 0.508 e. The van der Waals surface area contributed by atoms with Crippen LogP contribution in [0.15, 0.2) is 84.9 Å². The Morgan fingerprint density at radius 1 is 0.526 bits per heavy atom. The van der Waals surface area contributed by atoms with E-state index in [4.69, 9.17) is 47.4 Å². The minimum absolute atomic E-state index is 0.102. The summed E-state index contributed by atoms with van der Waals surface area (Å²) in [5, 5.41) is 149. The van der Waals surface area contributed by atoms with E-state index in [1.165, 1.54) is 60.7 Å². The van der Waals surface area contributed by atoms with E-state index in [9.17, 15) is 85.9 Å². The van der Waals surface area contributed by atoms with Gasteiger partial charge in [0, 0.05) is 12.2 Å². The van der Waals surface area contributed by atoms with Crippen molar-refractivity contribution in [3.8, 4) is 17.2 Å². The molecule has 19 atom stereocenters. The molecule has 7 rings (SSSR count). The minimum atomic E-state index is -2.90. The van der Waals surface area contributed by atoms with Gasteiger partial charge in [-0.05, 0) is 59.7 Å². The van der Waals surface area contributed by atoms with Crippen molar-refractivity contribution in [2.75, 3.05) is 33.0 Å². The summed E-state index contributed by atoms with van der Waals surface area (Å²) < 4.78 is 59.6. The zero-order chi connectivity index (χ0) is 55.0. The molecule has 3 aromatic rings. The standard InChI is InChI=1S/C49H58O27/c50-17-28-34(59)37(62)39(64)46(68-28)72-42-41(71-33(58)15-9-22-6-11-25(54)12-7-22)31(20-53)70-48(43(42)73-47-40(65)38(63)35(60)29(18-51)69-47)76-49(21-67-32(57)14-10-23-8-13-26(55)27(56)16-23)44(36(61)30(19-52)75-49)74-45(66)24-4-2-1-3-5-24/h1-16,28-31,34-44,46-48,50-56,59-65H,17-21H2/t28-,29-,30-,31-,34-,35-,36-,37+,38+,39-,40-,41-,42+,43-,44+,46+,47+,48-,49+/m1/s1. The third kappa shape index (κ3) is 13.1. The molecule has 0 spiro atoms. The molecule has 4 heterocycles. The van der Waals surface area contributed by atoms with Crippen LogP contribution >= 0.6 is 0 Å². The van der Waals surface area contributed by atoms with Crippen molar-refractivity contribution < 1.29 is 133 Å². The van der Waals surface area contributed by atoms with Crippen LogP contribution in [0.2, 0.25) is 0 Å². The van der Waals surface area contributed by atoms with Crippen LogP contribution in [-0.2, 0) is 57.0 Å². The van der Waals surface area contributed by atoms with Gasteiger partial charge in [-0.1, -0.05) is 36.4 Å². The Balaban J connectivity index is 1.35. The van der Waals surface area contributed by atoms with Crippen molar-refractivity contribution in [1.29, 1.82) is 0 Å². The fourth-order valence-corrected chi connectivity index (χ4v) is 8.53. The molecular weight excluding hydrogens is 1020 g/mol. The van der Waals surface area contributed by atoms with Gasteiger partial charge in [-0.15, -0.1) is 0 Å². The summed E-state index contributed by atoms with van der Waals surface area (Å²) >= 11 is 0. The lowest BCUT2D eigenvalue weighted by Crippen LogP contribution is -2.69. The molecule has 27 heteroatoms. The number of carbonyl (C=O) groups is 3. The van der Waals surface area contributed by atoms with Crippen LogP contribution in [0.4, 0.5) is 0 Å². The van der Waals surface area contributed by atoms with E-state index in [1.807, 2.05) is 0 Å². The predicted molar refractivity (Wildman–Crippen MR) is 247 cm³/mol. The molecule has 4 saturated heterocycles. The van der Waals surface area contributed by atoms with Crippen LogP contribution in [0.25, 0.3) is 12.2 Å². The predicted octanol–water partition coefficient (Wildman–Crippen LogP) is -4.24. The molecule has 4 fully saturated rings. The third-order valence-electron chi connectivity index (χ3n) is 12.6. The Kier molecular flexibility index (Phi) is 19.5. The minimum Gasteiger partial charge on any atom is -0.508 e. The number of carbonyl (C=O) groups excluding carboxylic acids is 3. The highest BCUT2D eigenvalue weighted by molar-refractivity contribution is 5.90. The van der Waals surface area contributed by atoms with Gasteiger partial charge in [-0.2, -0.15) is 0 Å². The topological polar surface area (TPSA) is 427 Å². The molecule has 27 nitrogen and oxygen atoms in total. The number of benzene rings is 3. The molecule has 0 bridgehead atoms. The van der Waals surface area contributed by atoms with Crippen LogP contribution in [-0.4, -0.2) is 239 Å². The van der Waals surface area contributed by atoms with E-state index in [-0.39, 0.29) is 16.9 Å². The first-order chi connectivity index (χ1) is 36.3. The maximum Gasteiger partial charge on any atom is 0.338 e. The van der Waals surface area contributed by atoms with Gasteiger partial charge < -0.3 is 119 Å². The van der Waals surface area contributed by atoms with Gasteiger partial charge >= 0.3 is 17.9 Å². The summed E-state index contributed by atoms with van der Waals surface area (Å²) in [5.41, 5.74) is 0.433. The Labute approximate surface area is 430 Å². The third-order valence-corrected chi connectivity index (χ3v) is 12.6. The molecule has 4 aliphatic heterocycles. The van der Waals surface area contributed by atoms with Gasteiger partial charge in [0.05, 0.1) is 32.0 Å². The van der Waals surface area contributed by atoms with Crippen LogP contribution < -0.4 is 0 Å². The fourth-order valence-electron chi connectivity index (χ4n) is 8.53. The number of phenolic OH excluding ortho intramolecular Hbond substituents is 3. The number of phenols is 3. The van der Waals surface area contributed by atoms with Gasteiger partial charge in [0.1, 0.15) is 91.7 Å². The number of esters is 3. The molecule has 0 unspecified atom stereocenters. The first kappa shape index (κ1) is 57.9. The summed E-state index contributed by atoms with van der Waals surface area (Å²) in [6.45, 7) is -5.42. The second-order valence-corrected chi connectivity index (χ2v) is 17.8. The summed E-state index contributed by atoms with van der Waals surface area (Å²) in [4.78, 5) is 41.1. The van der Waals surface area contributed by atoms with E-state index in [0.29, 0.717) is 5.56 Å². The molecule has 76 heavy (non-hydrogen) atoms. The van der Waals surface area contributed by atoms with Crippen molar-refractivity contribution >= 4 is 30.1 Å². The fraction of sp³-hybridized carbons (Fsp3) is 0.490. The van der Waals surface area contributed by atoms with Crippen LogP contribution in [0.5, 0.6) is 17.2 Å². The molecule has 0 radical (unpaired) electrons. The van der Waals surface area contributed by atoms with Crippen molar-refractivity contribution in [2.24, 2.45) is 0 Å². The lowest BCUT2D eigenvalue weighted by molar-refractivity contribution is -0.421. The van der Waals surface area contributed by atoms with Crippen LogP contribution in [0, 0.1) is 0 Å². The lowest BCUT2D eigenvalue weighted by atomic mass is 9.95. The average Bonchev–Trinajstić information content (AvgIpc) is 3.68. The van der Waals surface area contributed by atoms with Gasteiger partial charge in [-0.3, -0.25) is 0 Å². The van der Waals surface area contributed by atoms with Crippen molar-refractivity contribution in [3.05, 3.63) is 102 Å². The molecule has 0 aromatic heterocycles. The van der Waals surface area contributed by atoms with Crippen LogP contribution in [0.3, 0.4) is 0 Å². The Morgan fingerprint density at radius 2 is 1.07 bits per heavy atom. The van der Waals surface area contributed by atoms with E-state index < -0.39 is 179 Å². The van der Waals surface area contributed by atoms with E-state index in [0.717, 1.165) is 30.4 Å². The van der Waals surface area contributed by atoms with Gasteiger partial charge in [0.15, 0.2) is 42.6 Å². The van der Waals surface area contributed by atoms with Gasteiger partial charge in [-0.25, -0.2) is 14.4 Å². The average molecular weight is 1080 g/mol. The number of aromatic hydroxyl groups is 3. The molecule has 0 amide bonds. The number of hydrogen-bond acceptors (Lipinski definition) is 27. The molecular formula is C49H58O27. The quantitative estimate of drug-likeness (QED) is 0.0234. The van der Waals surface area contributed by atoms with E-state index in [2.05, 4.69) is 0 Å². The molecule has 416 valence electrons. The monoisotopic (exact) mass is 1080 g/mol. The lowest BCUT2D eigenvalue weighted by Gasteiger charge is -2.50. The van der Waals surface area contributed by atoms with Crippen molar-refractivity contribution in [3.63, 3.8) is 0 Å². The van der Waals surface area contributed by atoms with Crippen molar-refractivity contribution in [1.82, 2.24) is 0 Å². The maximum absolute atomic E-state index is 13.8. The highest BCUT2D eigenvalue weighted by atomic mass is 16.8. The smallest absolute Gasteiger partial charge is 0.338 e. The highest BCUT2D eigenvalue weighted by Gasteiger charge is 2.64. The Morgan fingerprint density at radius 3 is 1.64 bits per heavy atom. The summed E-state index contributed by atoms with van der Waals surface area (Å²) in [6, 6.07) is 16.2. The van der Waals surface area contributed by atoms with Gasteiger partial charge in [0.25, 0.3) is 0 Å². The van der Waals surface area contributed by atoms with Gasteiger partial charge in [0.2, 0.25) is 5.79 Å². The van der Waals surface area contributed by atoms with E-state index >= 15 is 0 Å². The number of rotatable bonds is 19. The molecule has 0 saturated carbocycles. The normalized spacial score (nSPS) is 35.8. The van der Waals surface area contributed by atoms with Crippen molar-refractivity contribution in [2.45, 2.75) is 116 Å². The van der Waals surface area contributed by atoms with E-state index in [1.54, 1.807) is 6.07 Å². The second kappa shape index (κ2) is 25.6. The SMILES string of the molecule is O=C(C=Cc1ccc(O)c(O)c1)OC[C@@]1(O[C@H]2O[C@H](CO)[C@@H](OC(=O)C=Cc3ccc(O)cc3)[C@H](O[C@@H]3O[C@H](CO)[C@@H](O)[C@H](O)[C@H]3O)[C@H]2O[C@@H]2O[C@H](CO)[C@@H](O)[C@H](O)[C@H]2O)O[C@H](CO)[C@@H](O)[C@@H]1OC(=O)c1ccccc1. The summed E-state index contributed by atoms with van der Waals surface area (Å²) in [7, 11) is 0. The number of ether oxygens (including phenoxy) is 10. The zero-order valence-corrected chi connectivity index (χ0v) is 39.7. The maximum atomic E-state index is 13.8. The number of hydrogen-bond donors (Lipinski definition) is 14. The Hall–Kier alpha value is -5.77. The summed E-state index contributed by atoms with van der Waals surface area (Å²) in [6.07, 6.45) is -33.1. The second-order valence-electron chi connectivity index (χ2n) is 17.8. The molecule has 3 aromatic carbocycles. The Bertz CT molecular complexity index is 2460. The first-order valence-corrected chi connectivity index (χ1v) is 23.4. The molecule has 4 aliphatic rings. The highest BCUT2D eigenvalue weighted by Crippen LogP contribution is 2.42. The molecule has 14 N–H and O–H groups in total.